The van der Waals surface area contributed by atoms with Crippen molar-refractivity contribution in [2.24, 2.45) is 7.05 Å². The summed E-state index contributed by atoms with van der Waals surface area (Å²) in [6.07, 6.45) is 3.62. The fourth-order valence-electron chi connectivity index (χ4n) is 2.72. The number of carbonyl (C=O) groups is 1. The van der Waals surface area contributed by atoms with Gasteiger partial charge in [-0.2, -0.15) is 0 Å². The number of benzene rings is 1. The molecule has 2 heterocycles. The summed E-state index contributed by atoms with van der Waals surface area (Å²) in [6, 6.07) is 7.05. The molecular formula is C16H20Cl2N4O2. The van der Waals surface area contributed by atoms with Gasteiger partial charge in [-0.15, -0.1) is 12.4 Å². The van der Waals surface area contributed by atoms with Crippen LogP contribution in [0.2, 0.25) is 5.02 Å². The molecule has 0 radical (unpaired) electrons. The number of ether oxygens (including phenoxy) is 1. The first-order valence-corrected chi connectivity index (χ1v) is 7.89. The summed E-state index contributed by atoms with van der Waals surface area (Å²) in [6.45, 7) is 2.04. The van der Waals surface area contributed by atoms with Crippen LogP contribution in [0.5, 0.6) is 5.75 Å². The van der Waals surface area contributed by atoms with Crippen molar-refractivity contribution in [1.82, 2.24) is 19.8 Å². The van der Waals surface area contributed by atoms with Crippen molar-refractivity contribution in [3.63, 3.8) is 0 Å². The molecule has 24 heavy (non-hydrogen) atoms. The minimum Gasteiger partial charge on any atom is -0.482 e. The highest BCUT2D eigenvalue weighted by molar-refractivity contribution is 6.32. The Bertz CT molecular complexity index is 692. The van der Waals surface area contributed by atoms with Gasteiger partial charge in [0.05, 0.1) is 5.02 Å². The lowest BCUT2D eigenvalue weighted by atomic mass is 10.1. The maximum absolute atomic E-state index is 12.6. The van der Waals surface area contributed by atoms with E-state index in [2.05, 4.69) is 10.3 Å². The molecule has 1 aromatic carbocycles. The molecule has 1 fully saturated rings. The Hall–Kier alpha value is -1.76. The standard InChI is InChI=1S/C16H19ClN4O2.ClH/c1-20-8-7-19-16(20)13-10-18-6-9-21(13)15(22)11-23-14-5-3-2-4-12(14)17;/h2-5,7-8,13,18H,6,9-11H2,1H3;1H. The van der Waals surface area contributed by atoms with Gasteiger partial charge in [0.15, 0.2) is 6.61 Å². The molecule has 6 nitrogen and oxygen atoms in total. The van der Waals surface area contributed by atoms with Crippen LogP contribution in [0, 0.1) is 0 Å². The molecule has 1 amide bonds. The Morgan fingerprint density at radius 1 is 1.46 bits per heavy atom. The first kappa shape index (κ1) is 18.6. The number of aryl methyl sites for hydroxylation is 1. The molecule has 8 heteroatoms. The summed E-state index contributed by atoms with van der Waals surface area (Å²) in [7, 11) is 1.93. The summed E-state index contributed by atoms with van der Waals surface area (Å²) >= 11 is 6.05. The SMILES string of the molecule is Cl.Cn1ccnc1C1CNCCN1C(=O)COc1ccccc1Cl. The average Bonchev–Trinajstić information content (AvgIpc) is 3.00. The first-order valence-electron chi connectivity index (χ1n) is 7.51. The fourth-order valence-corrected chi connectivity index (χ4v) is 2.91. The molecule has 1 unspecified atom stereocenters. The van der Waals surface area contributed by atoms with Gasteiger partial charge in [0.1, 0.15) is 17.6 Å². The molecule has 1 aromatic heterocycles. The third-order valence-electron chi connectivity index (χ3n) is 3.91. The molecule has 0 aliphatic carbocycles. The van der Waals surface area contributed by atoms with Gasteiger partial charge >= 0.3 is 0 Å². The lowest BCUT2D eigenvalue weighted by Gasteiger charge is -2.35. The molecule has 130 valence electrons. The summed E-state index contributed by atoms with van der Waals surface area (Å²) < 4.78 is 7.51. The zero-order chi connectivity index (χ0) is 16.2. The molecule has 0 saturated carbocycles. The van der Waals surface area contributed by atoms with Crippen molar-refractivity contribution in [3.8, 4) is 5.75 Å². The number of hydrogen-bond acceptors (Lipinski definition) is 4. The Morgan fingerprint density at radius 2 is 2.25 bits per heavy atom. The third kappa shape index (κ3) is 4.01. The van der Waals surface area contributed by atoms with E-state index < -0.39 is 0 Å². The molecule has 2 aromatic rings. The maximum atomic E-state index is 12.6. The van der Waals surface area contributed by atoms with E-state index in [0.29, 0.717) is 23.9 Å². The number of amides is 1. The smallest absolute Gasteiger partial charge is 0.261 e. The lowest BCUT2D eigenvalue weighted by molar-refractivity contribution is -0.137. The average molecular weight is 371 g/mol. The third-order valence-corrected chi connectivity index (χ3v) is 4.22. The van der Waals surface area contributed by atoms with Crippen LogP contribution in [-0.2, 0) is 11.8 Å². The molecular weight excluding hydrogens is 351 g/mol. The van der Waals surface area contributed by atoms with Crippen molar-refractivity contribution in [1.29, 1.82) is 0 Å². The predicted molar refractivity (Wildman–Crippen MR) is 94.7 cm³/mol. The highest BCUT2D eigenvalue weighted by Crippen LogP contribution is 2.24. The minimum absolute atomic E-state index is 0. The molecule has 1 aliphatic heterocycles. The molecule has 0 bridgehead atoms. The number of nitrogens with one attached hydrogen (secondary N) is 1. The van der Waals surface area contributed by atoms with Gasteiger partial charge < -0.3 is 19.5 Å². The van der Waals surface area contributed by atoms with E-state index in [-0.39, 0.29) is 31.0 Å². The second-order valence-electron chi connectivity index (χ2n) is 5.42. The van der Waals surface area contributed by atoms with Crippen LogP contribution in [0.25, 0.3) is 0 Å². The zero-order valence-corrected chi connectivity index (χ0v) is 14.9. The van der Waals surface area contributed by atoms with Gasteiger partial charge in [-0.3, -0.25) is 4.79 Å². The van der Waals surface area contributed by atoms with Crippen LogP contribution < -0.4 is 10.1 Å². The Labute approximate surface area is 152 Å². The highest BCUT2D eigenvalue weighted by Gasteiger charge is 2.30. The number of hydrogen-bond donors (Lipinski definition) is 1. The Morgan fingerprint density at radius 3 is 2.96 bits per heavy atom. The number of aromatic nitrogens is 2. The van der Waals surface area contributed by atoms with E-state index in [1.54, 1.807) is 18.3 Å². The van der Waals surface area contributed by atoms with Crippen LogP contribution >= 0.6 is 24.0 Å². The number of imidazole rings is 1. The summed E-state index contributed by atoms with van der Waals surface area (Å²) in [4.78, 5) is 18.8. The molecule has 3 rings (SSSR count). The Balaban J connectivity index is 0.00000208. The quantitative estimate of drug-likeness (QED) is 0.894. The molecule has 1 saturated heterocycles. The van der Waals surface area contributed by atoms with Gasteiger partial charge in [0.25, 0.3) is 5.91 Å². The van der Waals surface area contributed by atoms with E-state index in [4.69, 9.17) is 16.3 Å². The van der Waals surface area contributed by atoms with E-state index in [1.165, 1.54) is 0 Å². The molecule has 1 N–H and O–H groups in total. The summed E-state index contributed by atoms with van der Waals surface area (Å²) in [5.74, 6) is 1.31. The van der Waals surface area contributed by atoms with Crippen LogP contribution in [-0.4, -0.2) is 46.6 Å². The number of nitrogens with zero attached hydrogens (tertiary/aromatic N) is 3. The normalized spacial score (nSPS) is 17.2. The van der Waals surface area contributed by atoms with Gasteiger partial charge in [0, 0.05) is 39.1 Å². The van der Waals surface area contributed by atoms with Crippen LogP contribution in [0.1, 0.15) is 11.9 Å². The number of piperazine rings is 1. The van der Waals surface area contributed by atoms with Gasteiger partial charge in [-0.25, -0.2) is 4.98 Å². The van der Waals surface area contributed by atoms with Crippen molar-refractivity contribution >= 4 is 29.9 Å². The topological polar surface area (TPSA) is 59.4 Å². The van der Waals surface area contributed by atoms with E-state index in [9.17, 15) is 4.79 Å². The largest absolute Gasteiger partial charge is 0.482 e. The van der Waals surface area contributed by atoms with E-state index in [1.807, 2.05) is 34.8 Å². The monoisotopic (exact) mass is 370 g/mol. The number of para-hydroxylation sites is 1. The zero-order valence-electron chi connectivity index (χ0n) is 13.3. The van der Waals surface area contributed by atoms with Crippen molar-refractivity contribution in [3.05, 3.63) is 47.5 Å². The summed E-state index contributed by atoms with van der Waals surface area (Å²) in [5.41, 5.74) is 0. The van der Waals surface area contributed by atoms with Crippen LogP contribution in [0.3, 0.4) is 0 Å². The highest BCUT2D eigenvalue weighted by atomic mass is 35.5. The van der Waals surface area contributed by atoms with Gasteiger partial charge in [-0.1, -0.05) is 23.7 Å². The van der Waals surface area contributed by atoms with Crippen LogP contribution in [0.4, 0.5) is 0 Å². The number of carbonyl (C=O) groups excluding carboxylic acids is 1. The first-order chi connectivity index (χ1) is 11.2. The fraction of sp³-hybridized carbons (Fsp3) is 0.375. The molecule has 1 aliphatic rings. The second-order valence-corrected chi connectivity index (χ2v) is 5.83. The van der Waals surface area contributed by atoms with Crippen molar-refractivity contribution < 1.29 is 9.53 Å². The molecule has 1 atom stereocenters. The van der Waals surface area contributed by atoms with Gasteiger partial charge in [-0.05, 0) is 12.1 Å². The van der Waals surface area contributed by atoms with E-state index in [0.717, 1.165) is 12.4 Å². The second kappa shape index (κ2) is 8.37. The number of rotatable bonds is 4. The van der Waals surface area contributed by atoms with Gasteiger partial charge in [0.2, 0.25) is 0 Å². The summed E-state index contributed by atoms with van der Waals surface area (Å²) in [5, 5.41) is 3.81. The molecule has 0 spiro atoms. The van der Waals surface area contributed by atoms with Crippen molar-refractivity contribution in [2.45, 2.75) is 6.04 Å². The van der Waals surface area contributed by atoms with E-state index >= 15 is 0 Å². The predicted octanol–water partition coefficient (Wildman–Crippen LogP) is 2.05. The maximum Gasteiger partial charge on any atom is 0.261 e. The van der Waals surface area contributed by atoms with Crippen molar-refractivity contribution in [2.75, 3.05) is 26.2 Å². The van der Waals surface area contributed by atoms with Crippen LogP contribution in [0.15, 0.2) is 36.7 Å². The lowest BCUT2D eigenvalue weighted by Crippen LogP contribution is -2.50. The minimum atomic E-state index is -0.0916. The number of halogens is 2. The Kier molecular flexibility index (Phi) is 6.48.